The van der Waals surface area contributed by atoms with Crippen LogP contribution < -0.4 is 4.72 Å². The van der Waals surface area contributed by atoms with Crippen molar-refractivity contribution in [3.8, 4) is 0 Å². The molecule has 6 nitrogen and oxygen atoms in total. The summed E-state index contributed by atoms with van der Waals surface area (Å²) < 4.78 is 79.1. The lowest BCUT2D eigenvalue weighted by atomic mass is 10.0. The molecular weight excluding hydrogens is 340 g/mol. The van der Waals surface area contributed by atoms with Gasteiger partial charge in [0.2, 0.25) is 0 Å². The van der Waals surface area contributed by atoms with E-state index in [9.17, 15) is 26.0 Å². The van der Waals surface area contributed by atoms with E-state index in [0.29, 0.717) is 0 Å². The summed E-state index contributed by atoms with van der Waals surface area (Å²) in [5.74, 6) is -1.84. The molecule has 2 atom stereocenters. The van der Waals surface area contributed by atoms with Gasteiger partial charge < -0.3 is 0 Å². The molecule has 1 N–H and O–H groups in total. The summed E-state index contributed by atoms with van der Waals surface area (Å²) in [4.78, 5) is 3.53. The first-order valence-electron chi connectivity index (χ1n) is 6.44. The van der Waals surface area contributed by atoms with Gasteiger partial charge in [0.15, 0.2) is 18.8 Å². The number of benzene rings is 1. The first-order chi connectivity index (χ1) is 10.8. The Morgan fingerprint density at radius 3 is 2.78 bits per heavy atom. The van der Waals surface area contributed by atoms with Gasteiger partial charge in [-0.15, -0.1) is 5.10 Å². The third-order valence-corrected chi connectivity index (χ3v) is 4.59. The average molecular weight is 350 g/mol. The highest BCUT2D eigenvalue weighted by atomic mass is 32.2. The van der Waals surface area contributed by atoms with Crippen LogP contribution in [0.4, 0.5) is 17.6 Å². The summed E-state index contributed by atoms with van der Waals surface area (Å²) in [5.41, 5.74) is -0.168. The van der Waals surface area contributed by atoms with Crippen LogP contribution in [0.15, 0.2) is 23.4 Å². The largest absolute Gasteiger partial charge is 0.282 e. The maximum Gasteiger partial charge on any atom is 0.282 e. The second-order valence-corrected chi connectivity index (χ2v) is 6.52. The Labute approximate surface area is 128 Å². The standard InChI is InChI=1S/C12H10F4N4O2S/c13-5-17-23(21,22)12-18-11-9(16)4-10(20(11)19-12)7-3-6(14)1-2-8(7)15/h1-3,9-10,17H,4-5H2/t9-,10-/m0/s1. The number of nitrogens with zero attached hydrogens (tertiary/aromatic N) is 3. The van der Waals surface area contributed by atoms with Crippen LogP contribution in [0.5, 0.6) is 0 Å². The van der Waals surface area contributed by atoms with E-state index in [0.717, 1.165) is 22.9 Å². The summed E-state index contributed by atoms with van der Waals surface area (Å²) >= 11 is 0. The molecule has 1 aromatic heterocycles. The van der Waals surface area contributed by atoms with Gasteiger partial charge in [-0.2, -0.15) is 9.71 Å². The highest BCUT2D eigenvalue weighted by molar-refractivity contribution is 7.89. The third-order valence-electron chi connectivity index (χ3n) is 3.45. The molecule has 0 spiro atoms. The van der Waals surface area contributed by atoms with E-state index in [-0.39, 0.29) is 17.8 Å². The molecule has 3 rings (SSSR count). The number of alkyl halides is 2. The fourth-order valence-electron chi connectivity index (χ4n) is 2.44. The highest BCUT2D eigenvalue weighted by Crippen LogP contribution is 2.40. The molecular formula is C12H10F4N4O2S. The van der Waals surface area contributed by atoms with Gasteiger partial charge in [-0.05, 0) is 18.2 Å². The minimum absolute atomic E-state index is 0.168. The van der Waals surface area contributed by atoms with E-state index in [2.05, 4.69) is 10.1 Å². The van der Waals surface area contributed by atoms with E-state index < -0.39 is 45.8 Å². The predicted molar refractivity (Wildman–Crippen MR) is 69.3 cm³/mol. The molecule has 2 aromatic rings. The van der Waals surface area contributed by atoms with E-state index in [4.69, 9.17) is 0 Å². The zero-order valence-electron chi connectivity index (χ0n) is 11.4. The van der Waals surface area contributed by atoms with Crippen LogP contribution in [0, 0.1) is 11.6 Å². The molecule has 0 saturated carbocycles. The van der Waals surface area contributed by atoms with Gasteiger partial charge in [0.25, 0.3) is 15.2 Å². The zero-order valence-corrected chi connectivity index (χ0v) is 12.2. The van der Waals surface area contributed by atoms with Crippen LogP contribution in [0.1, 0.15) is 30.0 Å². The van der Waals surface area contributed by atoms with Crippen LogP contribution in [0.3, 0.4) is 0 Å². The SMILES string of the molecule is O=S(=O)(NCF)c1nc2n(n1)[C@H](c1cc(F)ccc1F)C[C@@H]2F. The fourth-order valence-corrected chi connectivity index (χ4v) is 3.12. The number of fused-ring (bicyclic) bond motifs is 1. The molecule has 1 aliphatic rings. The van der Waals surface area contributed by atoms with E-state index in [1.165, 1.54) is 4.72 Å². The maximum absolute atomic E-state index is 14.0. The molecule has 0 amide bonds. The van der Waals surface area contributed by atoms with Crippen molar-refractivity contribution in [1.29, 1.82) is 0 Å². The molecule has 1 aromatic carbocycles. The molecule has 11 heteroatoms. The highest BCUT2D eigenvalue weighted by Gasteiger charge is 2.38. The lowest BCUT2D eigenvalue weighted by Crippen LogP contribution is -2.24. The second-order valence-electron chi connectivity index (χ2n) is 4.86. The zero-order chi connectivity index (χ0) is 16.8. The molecule has 0 fully saturated rings. The van der Waals surface area contributed by atoms with Crippen molar-refractivity contribution >= 4 is 10.0 Å². The minimum Gasteiger partial charge on any atom is -0.239 e. The van der Waals surface area contributed by atoms with Gasteiger partial charge in [0, 0.05) is 12.0 Å². The predicted octanol–water partition coefficient (Wildman–Crippen LogP) is 1.77. The van der Waals surface area contributed by atoms with Crippen LogP contribution in [-0.2, 0) is 10.0 Å². The molecule has 23 heavy (non-hydrogen) atoms. The van der Waals surface area contributed by atoms with Crippen molar-refractivity contribution in [2.45, 2.75) is 23.8 Å². The summed E-state index contributed by atoms with van der Waals surface area (Å²) in [6.45, 7) is -1.38. The number of hydrogen-bond acceptors (Lipinski definition) is 4. The Balaban J connectivity index is 2.07. The molecule has 0 bridgehead atoms. The van der Waals surface area contributed by atoms with Crippen molar-refractivity contribution in [3.63, 3.8) is 0 Å². The molecule has 124 valence electrons. The van der Waals surface area contributed by atoms with Gasteiger partial charge in [-0.1, -0.05) is 0 Å². The number of sulfonamides is 1. The lowest BCUT2D eigenvalue weighted by Gasteiger charge is -2.12. The first-order valence-corrected chi connectivity index (χ1v) is 7.93. The van der Waals surface area contributed by atoms with Gasteiger partial charge in [-0.25, -0.2) is 30.7 Å². The Hall–Kier alpha value is -2.01. The third kappa shape index (κ3) is 2.70. The smallest absolute Gasteiger partial charge is 0.239 e. The molecule has 0 radical (unpaired) electrons. The van der Waals surface area contributed by atoms with Gasteiger partial charge in [-0.3, -0.25) is 0 Å². The second kappa shape index (κ2) is 5.57. The Kier molecular flexibility index (Phi) is 3.84. The van der Waals surface area contributed by atoms with Crippen molar-refractivity contribution < 1.29 is 26.0 Å². The summed E-state index contributed by atoms with van der Waals surface area (Å²) in [7, 11) is -4.34. The maximum atomic E-state index is 14.0. The van der Waals surface area contributed by atoms with Gasteiger partial charge >= 0.3 is 0 Å². The summed E-state index contributed by atoms with van der Waals surface area (Å²) in [6, 6.07) is 1.63. The van der Waals surface area contributed by atoms with Gasteiger partial charge in [0.05, 0.1) is 6.04 Å². The molecule has 1 aliphatic heterocycles. The Bertz CT molecular complexity index is 855. The number of hydrogen-bond donors (Lipinski definition) is 1. The van der Waals surface area contributed by atoms with Crippen LogP contribution in [0.2, 0.25) is 0 Å². The van der Waals surface area contributed by atoms with Crippen molar-refractivity contribution in [2.75, 3.05) is 6.80 Å². The quantitative estimate of drug-likeness (QED) is 0.673. The Morgan fingerprint density at radius 2 is 2.09 bits per heavy atom. The number of rotatable bonds is 4. The molecule has 0 unspecified atom stereocenters. The van der Waals surface area contributed by atoms with Crippen molar-refractivity contribution in [3.05, 3.63) is 41.2 Å². The summed E-state index contributed by atoms with van der Waals surface area (Å²) in [6.07, 6.45) is -1.96. The number of aromatic nitrogens is 3. The number of halogens is 4. The van der Waals surface area contributed by atoms with Crippen LogP contribution in [0.25, 0.3) is 0 Å². The van der Waals surface area contributed by atoms with E-state index in [1.807, 2.05) is 0 Å². The first kappa shape index (κ1) is 15.9. The van der Waals surface area contributed by atoms with Crippen LogP contribution in [-0.4, -0.2) is 30.0 Å². The van der Waals surface area contributed by atoms with E-state index in [1.54, 1.807) is 0 Å². The minimum atomic E-state index is -4.34. The van der Waals surface area contributed by atoms with E-state index >= 15 is 0 Å². The Morgan fingerprint density at radius 1 is 1.35 bits per heavy atom. The molecule has 2 heterocycles. The fraction of sp³-hybridized carbons (Fsp3) is 0.333. The summed E-state index contributed by atoms with van der Waals surface area (Å²) in [5, 5.41) is 2.79. The lowest BCUT2D eigenvalue weighted by molar-refractivity contribution is 0.324. The van der Waals surface area contributed by atoms with Gasteiger partial charge in [0.1, 0.15) is 11.6 Å². The number of nitrogens with one attached hydrogen (secondary N) is 1. The van der Waals surface area contributed by atoms with Crippen LogP contribution >= 0.6 is 0 Å². The normalized spacial score (nSPS) is 20.7. The van der Waals surface area contributed by atoms with Crippen molar-refractivity contribution in [2.24, 2.45) is 0 Å². The monoisotopic (exact) mass is 350 g/mol. The molecule has 0 saturated heterocycles. The molecule has 0 aliphatic carbocycles. The topological polar surface area (TPSA) is 76.9 Å². The average Bonchev–Trinajstić information content (AvgIpc) is 3.03. The van der Waals surface area contributed by atoms with Crippen molar-refractivity contribution in [1.82, 2.24) is 19.5 Å².